The van der Waals surface area contributed by atoms with Crippen LogP contribution in [0.2, 0.25) is 5.02 Å². The van der Waals surface area contributed by atoms with Gasteiger partial charge in [0.25, 0.3) is 0 Å². The molecule has 0 aliphatic carbocycles. The number of aromatic nitrogens is 1. The van der Waals surface area contributed by atoms with E-state index < -0.39 is 0 Å². The van der Waals surface area contributed by atoms with Crippen LogP contribution in [0.5, 0.6) is 0 Å². The first-order chi connectivity index (χ1) is 7.70. The molecule has 1 aromatic carbocycles. The van der Waals surface area contributed by atoms with Crippen molar-refractivity contribution in [1.29, 1.82) is 0 Å². The second kappa shape index (κ2) is 4.67. The van der Waals surface area contributed by atoms with Gasteiger partial charge >= 0.3 is 0 Å². The summed E-state index contributed by atoms with van der Waals surface area (Å²) in [6.07, 6.45) is 4.81. The van der Waals surface area contributed by atoms with Crippen LogP contribution in [-0.2, 0) is 0 Å². The highest BCUT2D eigenvalue weighted by atomic mass is 35.5. The van der Waals surface area contributed by atoms with Crippen molar-refractivity contribution in [3.05, 3.63) is 53.3 Å². The number of halogens is 1. The van der Waals surface area contributed by atoms with Crippen LogP contribution in [-0.4, -0.2) is 4.98 Å². The molecule has 0 amide bonds. The molecule has 0 saturated carbocycles. The van der Waals surface area contributed by atoms with E-state index in [1.807, 2.05) is 30.3 Å². The molecule has 0 N–H and O–H groups in total. The highest BCUT2D eigenvalue weighted by Crippen LogP contribution is 2.32. The molecule has 2 heteroatoms. The molecular formula is C14H13ClN. The van der Waals surface area contributed by atoms with Crippen molar-refractivity contribution in [1.82, 2.24) is 4.98 Å². The Balaban J connectivity index is 2.60. The van der Waals surface area contributed by atoms with E-state index in [0.717, 1.165) is 21.7 Å². The van der Waals surface area contributed by atoms with E-state index in [9.17, 15) is 0 Å². The van der Waals surface area contributed by atoms with Gasteiger partial charge < -0.3 is 0 Å². The number of pyridine rings is 1. The van der Waals surface area contributed by atoms with E-state index in [-0.39, 0.29) is 0 Å². The predicted molar refractivity (Wildman–Crippen MR) is 67.6 cm³/mol. The van der Waals surface area contributed by atoms with Gasteiger partial charge in [-0.15, -0.1) is 0 Å². The van der Waals surface area contributed by atoms with E-state index in [0.29, 0.717) is 5.92 Å². The van der Waals surface area contributed by atoms with Gasteiger partial charge in [-0.05, 0) is 29.2 Å². The lowest BCUT2D eigenvalue weighted by atomic mass is 9.95. The first kappa shape index (κ1) is 11.2. The lowest BCUT2D eigenvalue weighted by Gasteiger charge is -2.12. The van der Waals surface area contributed by atoms with E-state index in [2.05, 4.69) is 25.0 Å². The Kier molecular flexibility index (Phi) is 3.25. The fourth-order valence-corrected chi connectivity index (χ4v) is 1.96. The zero-order valence-corrected chi connectivity index (χ0v) is 10.1. The summed E-state index contributed by atoms with van der Waals surface area (Å²) in [5.41, 5.74) is 3.28. The SMILES string of the molecule is CC(C)c1[c]nccc1-c1ccccc1Cl. The van der Waals surface area contributed by atoms with Gasteiger partial charge in [0.05, 0.1) is 6.20 Å². The summed E-state index contributed by atoms with van der Waals surface area (Å²) < 4.78 is 0. The van der Waals surface area contributed by atoms with E-state index >= 15 is 0 Å². The maximum absolute atomic E-state index is 6.20. The van der Waals surface area contributed by atoms with Crippen LogP contribution in [0.1, 0.15) is 25.3 Å². The van der Waals surface area contributed by atoms with E-state index in [1.165, 1.54) is 0 Å². The lowest BCUT2D eigenvalue weighted by molar-refractivity contribution is 0.858. The summed E-state index contributed by atoms with van der Waals surface area (Å²) in [5.74, 6) is 0.389. The normalized spacial score (nSPS) is 10.8. The zero-order chi connectivity index (χ0) is 11.5. The summed E-state index contributed by atoms with van der Waals surface area (Å²) in [7, 11) is 0. The maximum atomic E-state index is 6.20. The van der Waals surface area contributed by atoms with Crippen LogP contribution in [0.25, 0.3) is 11.1 Å². The second-order valence-electron chi connectivity index (χ2n) is 4.02. The molecular weight excluding hydrogens is 218 g/mol. The summed E-state index contributed by atoms with van der Waals surface area (Å²) >= 11 is 6.20. The Bertz CT molecular complexity index is 492. The lowest BCUT2D eigenvalue weighted by Crippen LogP contribution is -1.94. The molecule has 1 radical (unpaired) electrons. The summed E-state index contributed by atoms with van der Waals surface area (Å²) in [5, 5.41) is 0.768. The van der Waals surface area contributed by atoms with Crippen LogP contribution in [0, 0.1) is 6.20 Å². The third-order valence-electron chi connectivity index (χ3n) is 2.53. The zero-order valence-electron chi connectivity index (χ0n) is 9.37. The Morgan fingerprint density at radius 1 is 1.12 bits per heavy atom. The number of hydrogen-bond donors (Lipinski definition) is 0. The van der Waals surface area contributed by atoms with Crippen molar-refractivity contribution < 1.29 is 0 Å². The largest absolute Gasteiger partial charge is 0.254 e. The first-order valence-electron chi connectivity index (χ1n) is 5.31. The van der Waals surface area contributed by atoms with Gasteiger partial charge in [0, 0.05) is 16.8 Å². The molecule has 2 rings (SSSR count). The average molecular weight is 231 g/mol. The molecule has 0 aliphatic heterocycles. The highest BCUT2D eigenvalue weighted by molar-refractivity contribution is 6.33. The molecule has 0 aliphatic rings. The van der Waals surface area contributed by atoms with Crippen LogP contribution >= 0.6 is 11.6 Å². The molecule has 0 bridgehead atoms. The number of nitrogens with zero attached hydrogens (tertiary/aromatic N) is 1. The van der Waals surface area contributed by atoms with Crippen LogP contribution in [0.3, 0.4) is 0 Å². The smallest absolute Gasteiger partial charge is 0.0930 e. The van der Waals surface area contributed by atoms with Crippen molar-refractivity contribution in [2.75, 3.05) is 0 Å². The molecule has 1 heterocycles. The molecule has 0 spiro atoms. The van der Waals surface area contributed by atoms with Gasteiger partial charge in [0.15, 0.2) is 0 Å². The highest BCUT2D eigenvalue weighted by Gasteiger charge is 2.10. The van der Waals surface area contributed by atoms with Crippen LogP contribution in [0.15, 0.2) is 36.5 Å². The Labute approximate surface area is 101 Å². The Morgan fingerprint density at radius 3 is 2.56 bits per heavy atom. The van der Waals surface area contributed by atoms with Crippen molar-refractivity contribution in [3.8, 4) is 11.1 Å². The summed E-state index contributed by atoms with van der Waals surface area (Å²) in [6, 6.07) is 9.85. The van der Waals surface area contributed by atoms with Crippen LogP contribution in [0.4, 0.5) is 0 Å². The fraction of sp³-hybridized carbons (Fsp3) is 0.214. The van der Waals surface area contributed by atoms with Gasteiger partial charge in [-0.3, -0.25) is 4.98 Å². The predicted octanol–water partition coefficient (Wildman–Crippen LogP) is 4.33. The third kappa shape index (κ3) is 2.10. The van der Waals surface area contributed by atoms with Gasteiger partial charge in [-0.2, -0.15) is 0 Å². The monoisotopic (exact) mass is 230 g/mol. The average Bonchev–Trinajstić information content (AvgIpc) is 2.29. The molecule has 2 aromatic rings. The molecule has 81 valence electrons. The summed E-state index contributed by atoms with van der Waals surface area (Å²) in [4.78, 5) is 4.05. The van der Waals surface area contributed by atoms with Crippen molar-refractivity contribution >= 4 is 11.6 Å². The van der Waals surface area contributed by atoms with Gasteiger partial charge in [0.1, 0.15) is 0 Å². The Morgan fingerprint density at radius 2 is 1.88 bits per heavy atom. The minimum absolute atomic E-state index is 0.389. The maximum Gasteiger partial charge on any atom is 0.0930 e. The minimum atomic E-state index is 0.389. The molecule has 1 aromatic heterocycles. The van der Waals surface area contributed by atoms with Gasteiger partial charge in [0.2, 0.25) is 0 Å². The number of rotatable bonds is 2. The first-order valence-corrected chi connectivity index (χ1v) is 5.69. The van der Waals surface area contributed by atoms with Crippen molar-refractivity contribution in [2.45, 2.75) is 19.8 Å². The molecule has 0 saturated heterocycles. The molecule has 16 heavy (non-hydrogen) atoms. The molecule has 0 atom stereocenters. The minimum Gasteiger partial charge on any atom is -0.254 e. The number of hydrogen-bond acceptors (Lipinski definition) is 1. The van der Waals surface area contributed by atoms with E-state index in [1.54, 1.807) is 6.20 Å². The molecule has 1 nitrogen and oxygen atoms in total. The summed E-state index contributed by atoms with van der Waals surface area (Å²) in [6.45, 7) is 4.27. The van der Waals surface area contributed by atoms with Crippen molar-refractivity contribution in [3.63, 3.8) is 0 Å². The van der Waals surface area contributed by atoms with Gasteiger partial charge in [-0.1, -0.05) is 43.6 Å². The third-order valence-corrected chi connectivity index (χ3v) is 2.86. The Hall–Kier alpha value is -1.34. The standard InChI is InChI=1S/C14H13ClN/c1-10(2)13-9-16-8-7-11(13)12-5-3-4-6-14(12)15/h3-8,10H,1-2H3. The topological polar surface area (TPSA) is 12.9 Å². The molecule has 0 fully saturated rings. The van der Waals surface area contributed by atoms with Crippen LogP contribution < -0.4 is 0 Å². The number of benzene rings is 1. The second-order valence-corrected chi connectivity index (χ2v) is 4.43. The van der Waals surface area contributed by atoms with E-state index in [4.69, 9.17) is 11.6 Å². The molecule has 0 unspecified atom stereocenters. The quantitative estimate of drug-likeness (QED) is 0.749. The fourth-order valence-electron chi connectivity index (χ4n) is 1.72. The van der Waals surface area contributed by atoms with Crippen molar-refractivity contribution in [2.24, 2.45) is 0 Å². The van der Waals surface area contributed by atoms with Gasteiger partial charge in [-0.25, -0.2) is 0 Å².